The Bertz CT molecular complexity index is 132. The molecule has 0 amide bonds. The van der Waals surface area contributed by atoms with Crippen molar-refractivity contribution in [2.75, 3.05) is 30.6 Å². The molecule has 0 aromatic rings. The van der Waals surface area contributed by atoms with E-state index in [9.17, 15) is 0 Å². The minimum Gasteiger partial charge on any atom is -0.102 e. The first-order chi connectivity index (χ1) is 8.28. The zero-order valence-electron chi connectivity index (χ0n) is 12.7. The number of hydrogen-bond donors (Lipinski definition) is 0. The summed E-state index contributed by atoms with van der Waals surface area (Å²) >= 11 is 0. The molecule has 0 N–H and O–H groups in total. The highest BCUT2D eigenvalue weighted by Crippen LogP contribution is 2.52. The molecule has 0 aromatic heterocycles. The Morgan fingerprint density at radius 1 is 0.529 bits per heavy atom. The Balaban J connectivity index is 4.02. The van der Waals surface area contributed by atoms with Crippen molar-refractivity contribution < 1.29 is 0 Å². The average Bonchev–Trinajstić information content (AvgIpc) is 2.33. The van der Waals surface area contributed by atoms with Gasteiger partial charge in [0.05, 0.1) is 0 Å². The highest BCUT2D eigenvalue weighted by molar-refractivity contribution is 7.74. The van der Waals surface area contributed by atoms with Crippen molar-refractivity contribution in [2.24, 2.45) is 0 Å². The van der Waals surface area contributed by atoms with Crippen LogP contribution in [0.5, 0.6) is 0 Å². The lowest BCUT2D eigenvalue weighted by molar-refractivity contribution is 0.884. The van der Waals surface area contributed by atoms with Crippen molar-refractivity contribution in [3.05, 3.63) is 0 Å². The topological polar surface area (TPSA) is 0 Å². The Morgan fingerprint density at radius 2 is 0.941 bits per heavy atom. The maximum Gasteiger partial charge on any atom is -0.0120 e. The van der Waals surface area contributed by atoms with Crippen LogP contribution in [0.2, 0.25) is 0 Å². The van der Waals surface area contributed by atoms with Crippen LogP contribution in [0.4, 0.5) is 0 Å². The second-order valence-electron chi connectivity index (χ2n) is 5.08. The third-order valence-electron chi connectivity index (χ3n) is 3.14. The fraction of sp³-hybridized carbons (Fsp3) is 1.00. The van der Waals surface area contributed by atoms with Gasteiger partial charge < -0.3 is 0 Å². The van der Waals surface area contributed by atoms with E-state index in [2.05, 4.69) is 27.7 Å². The van der Waals surface area contributed by atoms with Crippen molar-refractivity contribution in [3.8, 4) is 0 Å². The van der Waals surface area contributed by atoms with Crippen LogP contribution in [0.25, 0.3) is 0 Å². The Hall–Kier alpha value is 0.860. The fourth-order valence-corrected chi connectivity index (χ4v) is 9.95. The summed E-state index contributed by atoms with van der Waals surface area (Å²) < 4.78 is 0. The van der Waals surface area contributed by atoms with Crippen molar-refractivity contribution in [3.63, 3.8) is 0 Å². The predicted molar refractivity (Wildman–Crippen MR) is 88.6 cm³/mol. The van der Waals surface area contributed by atoms with Gasteiger partial charge in [-0.3, -0.25) is 0 Å². The summed E-state index contributed by atoms with van der Waals surface area (Å²) in [5.74, 6) is 1.65. The summed E-state index contributed by atoms with van der Waals surface area (Å²) in [6, 6.07) is 0. The standard InChI is InChI=1S/C15H34P2/c1-5-9-13-16(11-7-3)15-17(12-8-4)14-10-6-2/h5-15H2,1-4H3. The van der Waals surface area contributed by atoms with Gasteiger partial charge in [0, 0.05) is 0 Å². The van der Waals surface area contributed by atoms with E-state index in [4.69, 9.17) is 0 Å². The largest absolute Gasteiger partial charge is 0.102 e. The van der Waals surface area contributed by atoms with Crippen molar-refractivity contribution in [1.82, 2.24) is 0 Å². The molecule has 0 heterocycles. The van der Waals surface area contributed by atoms with Gasteiger partial charge in [0.2, 0.25) is 0 Å². The van der Waals surface area contributed by atoms with Crippen LogP contribution < -0.4 is 0 Å². The lowest BCUT2D eigenvalue weighted by Crippen LogP contribution is -1.99. The van der Waals surface area contributed by atoms with E-state index < -0.39 is 0 Å². The molecular weight excluding hydrogens is 242 g/mol. The van der Waals surface area contributed by atoms with E-state index in [0.717, 1.165) is 0 Å². The van der Waals surface area contributed by atoms with E-state index in [1.165, 1.54) is 38.5 Å². The molecule has 0 bridgehead atoms. The molecule has 0 radical (unpaired) electrons. The predicted octanol–water partition coefficient (Wildman–Crippen LogP) is 6.33. The van der Waals surface area contributed by atoms with Crippen LogP contribution in [0.15, 0.2) is 0 Å². The van der Waals surface area contributed by atoms with Gasteiger partial charge >= 0.3 is 0 Å². The molecule has 0 aliphatic carbocycles. The number of rotatable bonds is 12. The molecule has 0 saturated heterocycles. The minimum atomic E-state index is 0.395. The van der Waals surface area contributed by atoms with Gasteiger partial charge in [-0.05, 0) is 43.4 Å². The zero-order valence-corrected chi connectivity index (χ0v) is 14.5. The molecule has 0 fully saturated rings. The molecule has 0 saturated carbocycles. The second kappa shape index (κ2) is 13.3. The van der Waals surface area contributed by atoms with E-state index in [0.29, 0.717) is 15.8 Å². The highest BCUT2D eigenvalue weighted by Gasteiger charge is 2.13. The quantitative estimate of drug-likeness (QED) is 0.365. The third-order valence-corrected chi connectivity index (χ3v) is 10.4. The molecule has 0 aliphatic rings. The zero-order chi connectivity index (χ0) is 12.9. The first kappa shape index (κ1) is 17.9. The van der Waals surface area contributed by atoms with Crippen molar-refractivity contribution >= 4 is 15.8 Å². The molecule has 2 unspecified atom stereocenters. The Kier molecular flexibility index (Phi) is 14.0. The van der Waals surface area contributed by atoms with Crippen LogP contribution in [0.3, 0.4) is 0 Å². The van der Waals surface area contributed by atoms with Gasteiger partial charge in [-0.1, -0.05) is 53.4 Å². The first-order valence-corrected chi connectivity index (χ1v) is 11.5. The van der Waals surface area contributed by atoms with E-state index in [1.807, 2.05) is 0 Å². The van der Waals surface area contributed by atoms with Crippen LogP contribution in [0, 0.1) is 0 Å². The molecule has 2 atom stereocenters. The van der Waals surface area contributed by atoms with Crippen LogP contribution in [0.1, 0.15) is 66.2 Å². The Morgan fingerprint density at radius 3 is 1.24 bits per heavy atom. The maximum absolute atomic E-state index is 2.37. The van der Waals surface area contributed by atoms with E-state index in [1.54, 1.807) is 30.6 Å². The molecule has 104 valence electrons. The summed E-state index contributed by atoms with van der Waals surface area (Å²) in [5, 5.41) is 0. The fourth-order valence-electron chi connectivity index (χ4n) is 2.19. The lowest BCUT2D eigenvalue weighted by atomic mass is 10.4. The molecule has 0 nitrogen and oxygen atoms in total. The van der Waals surface area contributed by atoms with E-state index >= 15 is 0 Å². The summed E-state index contributed by atoms with van der Waals surface area (Å²) in [7, 11) is 0.789. The lowest BCUT2D eigenvalue weighted by Gasteiger charge is -2.24. The van der Waals surface area contributed by atoms with E-state index in [-0.39, 0.29) is 0 Å². The van der Waals surface area contributed by atoms with Crippen LogP contribution in [-0.4, -0.2) is 30.6 Å². The molecule has 0 spiro atoms. The Labute approximate surface area is 113 Å². The van der Waals surface area contributed by atoms with Gasteiger partial charge in [0.25, 0.3) is 0 Å². The van der Waals surface area contributed by atoms with Crippen LogP contribution >= 0.6 is 15.8 Å². The summed E-state index contributed by atoms with van der Waals surface area (Å²) in [5.41, 5.74) is 0. The van der Waals surface area contributed by atoms with Crippen LogP contribution in [-0.2, 0) is 0 Å². The highest BCUT2D eigenvalue weighted by atomic mass is 31.2. The molecular formula is C15H34P2. The summed E-state index contributed by atoms with van der Waals surface area (Å²) in [4.78, 5) is 0. The molecule has 2 heteroatoms. The molecule has 0 aliphatic heterocycles. The smallest absolute Gasteiger partial charge is 0.0120 e. The second-order valence-corrected chi connectivity index (χ2v) is 10.7. The molecule has 17 heavy (non-hydrogen) atoms. The van der Waals surface area contributed by atoms with Gasteiger partial charge in [-0.25, -0.2) is 0 Å². The minimum absolute atomic E-state index is 0.395. The van der Waals surface area contributed by atoms with Crippen molar-refractivity contribution in [1.29, 1.82) is 0 Å². The third kappa shape index (κ3) is 10.5. The van der Waals surface area contributed by atoms with Gasteiger partial charge in [0.1, 0.15) is 0 Å². The van der Waals surface area contributed by atoms with Gasteiger partial charge in [-0.2, -0.15) is 0 Å². The normalized spacial score (nSPS) is 14.8. The average molecular weight is 276 g/mol. The molecule has 0 aromatic carbocycles. The summed E-state index contributed by atoms with van der Waals surface area (Å²) in [6.45, 7) is 9.42. The SMILES string of the molecule is CCCCP(CCC)CP(CCC)CCCC. The maximum atomic E-state index is 2.37. The first-order valence-electron chi connectivity index (χ1n) is 7.73. The van der Waals surface area contributed by atoms with Gasteiger partial charge in [0.15, 0.2) is 0 Å². The number of hydrogen-bond acceptors (Lipinski definition) is 0. The van der Waals surface area contributed by atoms with Gasteiger partial charge in [-0.15, -0.1) is 15.8 Å². The number of unbranched alkanes of at least 4 members (excludes halogenated alkanes) is 2. The van der Waals surface area contributed by atoms with Crippen molar-refractivity contribution in [2.45, 2.75) is 66.2 Å². The molecule has 0 rings (SSSR count). The summed E-state index contributed by atoms with van der Waals surface area (Å²) in [6.07, 6.45) is 14.8. The monoisotopic (exact) mass is 276 g/mol.